The van der Waals surface area contributed by atoms with E-state index in [2.05, 4.69) is 5.32 Å². The molecule has 1 aliphatic carbocycles. The van der Waals surface area contributed by atoms with Crippen molar-refractivity contribution >= 4 is 5.78 Å². The van der Waals surface area contributed by atoms with Gasteiger partial charge in [0, 0.05) is 12.3 Å². The molecular formula is C12H21NO. The summed E-state index contributed by atoms with van der Waals surface area (Å²) in [6, 6.07) is 0. The maximum atomic E-state index is 11.9. The molecule has 0 aromatic rings. The van der Waals surface area contributed by atoms with Gasteiger partial charge in [-0.1, -0.05) is 25.7 Å². The Balaban J connectivity index is 1.75. The standard InChI is InChI=1S/C12H21NO/c14-12(9-10-3-1-2-4-10)11-5-7-13-8-6-11/h10-11,13H,1-9H2. The molecule has 0 atom stereocenters. The quantitative estimate of drug-likeness (QED) is 0.747. The number of ketones is 1. The van der Waals surface area contributed by atoms with Gasteiger partial charge in [0.15, 0.2) is 0 Å². The molecular weight excluding hydrogens is 174 g/mol. The van der Waals surface area contributed by atoms with Gasteiger partial charge in [0.25, 0.3) is 0 Å². The topological polar surface area (TPSA) is 29.1 Å². The van der Waals surface area contributed by atoms with Crippen molar-refractivity contribution in [3.63, 3.8) is 0 Å². The minimum Gasteiger partial charge on any atom is -0.317 e. The third-order valence-corrected chi connectivity index (χ3v) is 3.76. The molecule has 2 aliphatic rings. The predicted octanol–water partition coefficient (Wildman–Crippen LogP) is 2.14. The van der Waals surface area contributed by atoms with E-state index in [1.54, 1.807) is 0 Å². The molecule has 0 aromatic carbocycles. The van der Waals surface area contributed by atoms with E-state index < -0.39 is 0 Å². The lowest BCUT2D eigenvalue weighted by molar-refractivity contribution is -0.124. The summed E-state index contributed by atoms with van der Waals surface area (Å²) in [4.78, 5) is 11.9. The van der Waals surface area contributed by atoms with Crippen molar-refractivity contribution in [3.05, 3.63) is 0 Å². The summed E-state index contributed by atoms with van der Waals surface area (Å²) in [5.41, 5.74) is 0. The number of hydrogen-bond acceptors (Lipinski definition) is 2. The van der Waals surface area contributed by atoms with Gasteiger partial charge in [0.05, 0.1) is 0 Å². The van der Waals surface area contributed by atoms with Crippen molar-refractivity contribution < 1.29 is 4.79 Å². The SMILES string of the molecule is O=C(CC1CCCC1)C1CCNCC1. The van der Waals surface area contributed by atoms with Crippen molar-refractivity contribution in [3.8, 4) is 0 Å². The normalized spacial score (nSPS) is 25.4. The highest BCUT2D eigenvalue weighted by molar-refractivity contribution is 5.81. The lowest BCUT2D eigenvalue weighted by Crippen LogP contribution is -2.32. The van der Waals surface area contributed by atoms with Gasteiger partial charge in [-0.2, -0.15) is 0 Å². The first-order valence-corrected chi connectivity index (χ1v) is 6.09. The van der Waals surface area contributed by atoms with Gasteiger partial charge in [-0.3, -0.25) is 4.79 Å². The Morgan fingerprint density at radius 1 is 1.07 bits per heavy atom. The van der Waals surface area contributed by atoms with Crippen molar-refractivity contribution in [1.29, 1.82) is 0 Å². The van der Waals surface area contributed by atoms with Gasteiger partial charge in [-0.05, 0) is 31.8 Å². The van der Waals surface area contributed by atoms with Crippen LogP contribution in [0.2, 0.25) is 0 Å². The minimum absolute atomic E-state index is 0.386. The lowest BCUT2D eigenvalue weighted by Gasteiger charge is -2.22. The maximum absolute atomic E-state index is 11.9. The molecule has 0 amide bonds. The van der Waals surface area contributed by atoms with Crippen LogP contribution >= 0.6 is 0 Å². The smallest absolute Gasteiger partial charge is 0.136 e. The fraction of sp³-hybridized carbons (Fsp3) is 0.917. The fourth-order valence-corrected chi connectivity index (χ4v) is 2.81. The van der Waals surface area contributed by atoms with Crippen LogP contribution in [0, 0.1) is 11.8 Å². The van der Waals surface area contributed by atoms with E-state index in [0.29, 0.717) is 11.7 Å². The third-order valence-electron chi connectivity index (χ3n) is 3.76. The number of carbonyl (C=O) groups is 1. The summed E-state index contributed by atoms with van der Waals surface area (Å²) >= 11 is 0. The number of carbonyl (C=O) groups excluding carboxylic acids is 1. The minimum atomic E-state index is 0.386. The van der Waals surface area contributed by atoms with Crippen molar-refractivity contribution in [2.75, 3.05) is 13.1 Å². The van der Waals surface area contributed by atoms with E-state index in [4.69, 9.17) is 0 Å². The molecule has 1 heterocycles. The molecule has 2 fully saturated rings. The molecule has 2 heteroatoms. The molecule has 2 rings (SSSR count). The molecule has 0 aromatic heterocycles. The van der Waals surface area contributed by atoms with Crippen molar-refractivity contribution in [2.24, 2.45) is 11.8 Å². The Kier molecular flexibility index (Phi) is 3.57. The van der Waals surface area contributed by atoms with E-state index in [1.807, 2.05) is 0 Å². The molecule has 1 aliphatic heterocycles. The highest BCUT2D eigenvalue weighted by Crippen LogP contribution is 2.29. The van der Waals surface area contributed by atoms with Crippen LogP contribution < -0.4 is 5.32 Å². The second kappa shape index (κ2) is 4.92. The number of Topliss-reactive ketones (excluding diaryl/α,β-unsaturated/α-hetero) is 1. The largest absolute Gasteiger partial charge is 0.317 e. The molecule has 1 saturated heterocycles. The zero-order valence-electron chi connectivity index (χ0n) is 8.93. The predicted molar refractivity (Wildman–Crippen MR) is 57.2 cm³/mol. The number of rotatable bonds is 3. The first-order valence-electron chi connectivity index (χ1n) is 6.09. The second-order valence-corrected chi connectivity index (χ2v) is 4.85. The highest BCUT2D eigenvalue weighted by Gasteiger charge is 2.25. The van der Waals surface area contributed by atoms with Crippen molar-refractivity contribution in [1.82, 2.24) is 5.32 Å². The van der Waals surface area contributed by atoms with Gasteiger partial charge in [0.2, 0.25) is 0 Å². The second-order valence-electron chi connectivity index (χ2n) is 4.85. The number of hydrogen-bond donors (Lipinski definition) is 1. The Labute approximate surface area is 86.5 Å². The Morgan fingerprint density at radius 3 is 2.36 bits per heavy atom. The maximum Gasteiger partial charge on any atom is 0.136 e. The first-order chi connectivity index (χ1) is 6.86. The van der Waals surface area contributed by atoms with Gasteiger partial charge >= 0.3 is 0 Å². The van der Waals surface area contributed by atoms with Crippen LogP contribution in [0.5, 0.6) is 0 Å². The third kappa shape index (κ3) is 2.57. The molecule has 0 radical (unpaired) electrons. The van der Waals surface area contributed by atoms with E-state index in [9.17, 15) is 4.79 Å². The molecule has 0 bridgehead atoms. The van der Waals surface area contributed by atoms with Crippen LogP contribution in [-0.2, 0) is 4.79 Å². The van der Waals surface area contributed by atoms with Crippen LogP contribution in [0.15, 0.2) is 0 Å². The lowest BCUT2D eigenvalue weighted by atomic mass is 9.88. The van der Waals surface area contributed by atoms with E-state index in [0.717, 1.165) is 38.3 Å². The summed E-state index contributed by atoms with van der Waals surface area (Å²) in [5, 5.41) is 3.31. The van der Waals surface area contributed by atoms with Crippen LogP contribution in [0.3, 0.4) is 0 Å². The zero-order chi connectivity index (χ0) is 9.80. The molecule has 1 N–H and O–H groups in total. The van der Waals surface area contributed by atoms with Gasteiger partial charge in [-0.25, -0.2) is 0 Å². The highest BCUT2D eigenvalue weighted by atomic mass is 16.1. The number of nitrogens with one attached hydrogen (secondary N) is 1. The molecule has 0 unspecified atom stereocenters. The fourth-order valence-electron chi connectivity index (χ4n) is 2.81. The van der Waals surface area contributed by atoms with E-state index >= 15 is 0 Å². The van der Waals surface area contributed by atoms with Gasteiger partial charge in [0.1, 0.15) is 5.78 Å². The van der Waals surface area contributed by atoms with E-state index in [1.165, 1.54) is 25.7 Å². The van der Waals surface area contributed by atoms with Crippen LogP contribution in [-0.4, -0.2) is 18.9 Å². The molecule has 2 nitrogen and oxygen atoms in total. The molecule has 1 saturated carbocycles. The Hall–Kier alpha value is -0.370. The van der Waals surface area contributed by atoms with Crippen LogP contribution in [0.1, 0.15) is 44.9 Å². The number of piperidine rings is 1. The van der Waals surface area contributed by atoms with Gasteiger partial charge < -0.3 is 5.32 Å². The molecule has 0 spiro atoms. The van der Waals surface area contributed by atoms with Crippen LogP contribution in [0.4, 0.5) is 0 Å². The summed E-state index contributed by atoms with van der Waals surface area (Å²) in [5.74, 6) is 1.67. The van der Waals surface area contributed by atoms with Gasteiger partial charge in [-0.15, -0.1) is 0 Å². The summed E-state index contributed by atoms with van der Waals surface area (Å²) in [6.07, 6.45) is 8.34. The Bertz CT molecular complexity index is 190. The summed E-state index contributed by atoms with van der Waals surface area (Å²) in [6.45, 7) is 2.09. The summed E-state index contributed by atoms with van der Waals surface area (Å²) in [7, 11) is 0. The molecule has 14 heavy (non-hydrogen) atoms. The molecule has 80 valence electrons. The zero-order valence-corrected chi connectivity index (χ0v) is 8.93. The Morgan fingerprint density at radius 2 is 1.71 bits per heavy atom. The summed E-state index contributed by atoms with van der Waals surface area (Å²) < 4.78 is 0. The monoisotopic (exact) mass is 195 g/mol. The van der Waals surface area contributed by atoms with E-state index in [-0.39, 0.29) is 0 Å². The first kappa shape index (κ1) is 10.2. The van der Waals surface area contributed by atoms with Crippen molar-refractivity contribution in [2.45, 2.75) is 44.9 Å². The average Bonchev–Trinajstić information content (AvgIpc) is 2.72. The average molecular weight is 195 g/mol. The van der Waals surface area contributed by atoms with Crippen LogP contribution in [0.25, 0.3) is 0 Å².